The van der Waals surface area contributed by atoms with E-state index < -0.39 is 15.0 Å². The zero-order chi connectivity index (χ0) is 22.7. The van der Waals surface area contributed by atoms with Crippen molar-refractivity contribution in [1.82, 2.24) is 0 Å². The molecule has 0 saturated carbocycles. The van der Waals surface area contributed by atoms with Gasteiger partial charge >= 0.3 is 0 Å². The van der Waals surface area contributed by atoms with Crippen LogP contribution in [0.2, 0.25) is 0 Å². The summed E-state index contributed by atoms with van der Waals surface area (Å²) in [5.74, 6) is -0.379. The van der Waals surface area contributed by atoms with Crippen LogP contribution in [-0.4, -0.2) is 18.1 Å². The van der Waals surface area contributed by atoms with E-state index >= 15 is 0 Å². The smallest absolute Gasteiger partial charge is 0.296 e. The molecule has 8 nitrogen and oxygen atoms in total. The molecule has 0 aromatic heterocycles. The number of aromatic hydroxyl groups is 1. The number of fused-ring (bicyclic) bond motifs is 1. The van der Waals surface area contributed by atoms with E-state index in [0.29, 0.717) is 22.1 Å². The lowest BCUT2D eigenvalue weighted by atomic mass is 10.0. The number of hydrogen-bond donors (Lipinski definition) is 2. The summed E-state index contributed by atoms with van der Waals surface area (Å²) in [5, 5.41) is 27.8. The lowest BCUT2D eigenvalue weighted by molar-refractivity contribution is 0.472. The van der Waals surface area contributed by atoms with Crippen molar-refractivity contribution >= 4 is 43.6 Å². The van der Waals surface area contributed by atoms with Crippen LogP contribution in [0, 0.1) is 6.92 Å². The molecule has 32 heavy (non-hydrogen) atoms. The van der Waals surface area contributed by atoms with E-state index in [9.17, 15) is 18.1 Å². The average Bonchev–Trinajstić information content (AvgIpc) is 2.78. The second kappa shape index (κ2) is 8.66. The first kappa shape index (κ1) is 21.3. The van der Waals surface area contributed by atoms with E-state index in [1.807, 2.05) is 30.3 Å². The molecule has 0 radical (unpaired) electrons. The third kappa shape index (κ3) is 4.53. The second-order valence-electron chi connectivity index (χ2n) is 6.97. The quantitative estimate of drug-likeness (QED) is 0.255. The Morgan fingerprint density at radius 3 is 1.84 bits per heavy atom. The summed E-state index contributed by atoms with van der Waals surface area (Å²) in [6, 6.07) is 22.3. The van der Waals surface area contributed by atoms with Gasteiger partial charge in [-0.1, -0.05) is 36.4 Å². The van der Waals surface area contributed by atoms with Gasteiger partial charge in [0.2, 0.25) is 0 Å². The van der Waals surface area contributed by atoms with Gasteiger partial charge in [0.25, 0.3) is 10.1 Å². The van der Waals surface area contributed by atoms with Gasteiger partial charge in [0.05, 0.1) is 17.1 Å². The van der Waals surface area contributed by atoms with Crippen molar-refractivity contribution < 1.29 is 18.1 Å². The molecule has 160 valence electrons. The largest absolute Gasteiger partial charge is 0.505 e. The standard InChI is InChI=1S/C23H18N4O4S/c1-15-6-5-9-19-20(15)14-21(32(29,30)31)22(23(19)28)27-26-18-12-10-17(11-13-18)25-24-16-7-3-2-4-8-16/h2-14,28H,1H3,(H,29,30,31). The van der Waals surface area contributed by atoms with Gasteiger partial charge in [-0.15, -0.1) is 5.11 Å². The maximum absolute atomic E-state index is 11.9. The van der Waals surface area contributed by atoms with Crippen LogP contribution in [0.1, 0.15) is 5.56 Å². The predicted molar refractivity (Wildman–Crippen MR) is 121 cm³/mol. The molecule has 9 heteroatoms. The molecule has 0 spiro atoms. The number of nitrogens with zero attached hydrogens (tertiary/aromatic N) is 4. The fraction of sp³-hybridized carbons (Fsp3) is 0.0435. The van der Waals surface area contributed by atoms with Crippen LogP contribution in [-0.2, 0) is 10.1 Å². The highest BCUT2D eigenvalue weighted by Gasteiger charge is 2.22. The molecule has 4 aromatic carbocycles. The maximum Gasteiger partial charge on any atom is 0.296 e. The minimum atomic E-state index is -4.65. The number of aryl methyl sites for hydroxylation is 1. The lowest BCUT2D eigenvalue weighted by Gasteiger charge is -2.10. The first-order valence-electron chi connectivity index (χ1n) is 9.54. The highest BCUT2D eigenvalue weighted by atomic mass is 32.2. The number of phenolic OH excluding ortho intramolecular Hbond substituents is 1. The minimum Gasteiger partial charge on any atom is -0.505 e. The van der Waals surface area contributed by atoms with Crippen LogP contribution in [0.25, 0.3) is 10.8 Å². The molecule has 0 atom stereocenters. The SMILES string of the molecule is Cc1cccc2c(O)c(N=Nc3ccc(N=Nc4ccccc4)cc3)c(S(=O)(=O)O)cc12. The molecule has 0 aliphatic carbocycles. The van der Waals surface area contributed by atoms with E-state index in [2.05, 4.69) is 20.5 Å². The molecule has 4 rings (SSSR count). The highest BCUT2D eigenvalue weighted by Crippen LogP contribution is 2.42. The van der Waals surface area contributed by atoms with Crippen LogP contribution in [0.3, 0.4) is 0 Å². The minimum absolute atomic E-state index is 0.335. The average molecular weight is 446 g/mol. The Kier molecular flexibility index (Phi) is 5.76. The Labute approximate surface area is 184 Å². The number of benzene rings is 4. The molecule has 0 bridgehead atoms. The normalized spacial score (nSPS) is 12.2. The van der Waals surface area contributed by atoms with Crippen LogP contribution >= 0.6 is 0 Å². The molecular weight excluding hydrogens is 428 g/mol. The van der Waals surface area contributed by atoms with Gasteiger partial charge in [-0.3, -0.25) is 4.55 Å². The second-order valence-corrected chi connectivity index (χ2v) is 8.36. The zero-order valence-corrected chi connectivity index (χ0v) is 17.7. The van der Waals surface area contributed by atoms with Crippen molar-refractivity contribution in [3.05, 3.63) is 84.4 Å². The summed E-state index contributed by atoms with van der Waals surface area (Å²) >= 11 is 0. The topological polar surface area (TPSA) is 124 Å². The fourth-order valence-electron chi connectivity index (χ4n) is 3.12. The Morgan fingerprint density at radius 1 is 0.688 bits per heavy atom. The molecule has 2 N–H and O–H groups in total. The van der Waals surface area contributed by atoms with Crippen LogP contribution in [0.4, 0.5) is 22.7 Å². The van der Waals surface area contributed by atoms with Crippen molar-refractivity contribution in [3.8, 4) is 5.75 Å². The van der Waals surface area contributed by atoms with Gasteiger partial charge in [0.15, 0.2) is 5.75 Å². The molecule has 0 saturated heterocycles. The summed E-state index contributed by atoms with van der Waals surface area (Å²) in [6.45, 7) is 1.77. The van der Waals surface area contributed by atoms with E-state index in [4.69, 9.17) is 0 Å². The molecule has 0 unspecified atom stereocenters. The Morgan fingerprint density at radius 2 is 1.25 bits per heavy atom. The maximum atomic E-state index is 11.9. The Bertz CT molecular complexity index is 1450. The van der Waals surface area contributed by atoms with Gasteiger partial charge in [-0.25, -0.2) is 0 Å². The van der Waals surface area contributed by atoms with E-state index in [1.165, 1.54) is 6.07 Å². The monoisotopic (exact) mass is 446 g/mol. The van der Waals surface area contributed by atoms with Crippen LogP contribution in [0.5, 0.6) is 5.75 Å². The number of hydrogen-bond acceptors (Lipinski definition) is 7. The first-order valence-corrected chi connectivity index (χ1v) is 11.0. The molecule has 0 aliphatic rings. The Balaban J connectivity index is 1.68. The molecule has 0 fully saturated rings. The highest BCUT2D eigenvalue weighted by molar-refractivity contribution is 7.86. The number of rotatable bonds is 5. The zero-order valence-electron chi connectivity index (χ0n) is 16.9. The molecule has 4 aromatic rings. The van der Waals surface area contributed by atoms with Crippen LogP contribution < -0.4 is 0 Å². The van der Waals surface area contributed by atoms with Gasteiger partial charge in [-0.05, 0) is 60.3 Å². The summed E-state index contributed by atoms with van der Waals surface area (Å²) in [4.78, 5) is -0.520. The lowest BCUT2D eigenvalue weighted by Crippen LogP contribution is -1.99. The van der Waals surface area contributed by atoms with Gasteiger partial charge in [0.1, 0.15) is 10.6 Å². The van der Waals surface area contributed by atoms with Crippen molar-refractivity contribution in [2.75, 3.05) is 0 Å². The van der Waals surface area contributed by atoms with Gasteiger partial charge in [-0.2, -0.15) is 23.8 Å². The number of phenols is 1. The van der Waals surface area contributed by atoms with Crippen molar-refractivity contribution in [3.63, 3.8) is 0 Å². The Hall–Kier alpha value is -3.95. The summed E-state index contributed by atoms with van der Waals surface area (Å²) < 4.78 is 33.5. The summed E-state index contributed by atoms with van der Waals surface area (Å²) in [6.07, 6.45) is 0. The first-order chi connectivity index (χ1) is 15.3. The van der Waals surface area contributed by atoms with Gasteiger partial charge in [0, 0.05) is 5.39 Å². The van der Waals surface area contributed by atoms with Crippen LogP contribution in [0.15, 0.2) is 104 Å². The van der Waals surface area contributed by atoms with Crippen molar-refractivity contribution in [2.24, 2.45) is 20.5 Å². The molecular formula is C23H18N4O4S. The molecule has 0 amide bonds. The summed E-state index contributed by atoms with van der Waals surface area (Å²) in [7, 11) is -4.65. The molecule has 0 aliphatic heterocycles. The van der Waals surface area contributed by atoms with Crippen molar-refractivity contribution in [1.29, 1.82) is 0 Å². The van der Waals surface area contributed by atoms with E-state index in [1.54, 1.807) is 49.4 Å². The van der Waals surface area contributed by atoms with Gasteiger partial charge < -0.3 is 5.11 Å². The number of azo groups is 2. The summed E-state index contributed by atoms with van der Waals surface area (Å²) in [5.41, 5.74) is 2.12. The van der Waals surface area contributed by atoms with E-state index in [-0.39, 0.29) is 11.4 Å². The van der Waals surface area contributed by atoms with E-state index in [0.717, 1.165) is 11.3 Å². The van der Waals surface area contributed by atoms with Crippen molar-refractivity contribution in [2.45, 2.75) is 11.8 Å². The predicted octanol–water partition coefficient (Wildman–Crippen LogP) is 6.93. The fourth-order valence-corrected chi connectivity index (χ4v) is 3.77. The third-order valence-electron chi connectivity index (χ3n) is 4.74. The molecule has 0 heterocycles. The third-order valence-corrected chi connectivity index (χ3v) is 5.61.